The molecule has 2 aromatic rings. The molecule has 0 atom stereocenters. The zero-order chi connectivity index (χ0) is 17.3. The summed E-state index contributed by atoms with van der Waals surface area (Å²) in [5, 5.41) is 8.96. The maximum Gasteiger partial charge on any atom is 0.306 e. The van der Waals surface area contributed by atoms with Gasteiger partial charge in [0.1, 0.15) is 23.5 Å². The van der Waals surface area contributed by atoms with Crippen molar-refractivity contribution in [3.05, 3.63) is 41.8 Å². The van der Waals surface area contributed by atoms with Gasteiger partial charge in [0, 0.05) is 13.1 Å². The predicted octanol–water partition coefficient (Wildman–Crippen LogP) is 2.56. The number of nitrogens with zero attached hydrogens (tertiary/aromatic N) is 2. The minimum absolute atomic E-state index is 0.0681. The fraction of sp³-hybridized carbons (Fsp3) is 0.312. The van der Waals surface area contributed by atoms with Gasteiger partial charge in [0.2, 0.25) is 5.89 Å². The molecule has 3 rings (SSSR count). The van der Waals surface area contributed by atoms with Crippen LogP contribution in [0.5, 0.6) is 0 Å². The Morgan fingerprint density at radius 3 is 2.42 bits per heavy atom. The molecule has 24 heavy (non-hydrogen) atoms. The summed E-state index contributed by atoms with van der Waals surface area (Å²) in [5.41, 5.74) is -0.498. The first-order valence-corrected chi connectivity index (χ1v) is 7.39. The summed E-state index contributed by atoms with van der Waals surface area (Å²) in [6.45, 7) is 0.568. The van der Waals surface area contributed by atoms with Gasteiger partial charge in [-0.2, -0.15) is 0 Å². The summed E-state index contributed by atoms with van der Waals surface area (Å²) in [7, 11) is 0. The van der Waals surface area contributed by atoms with E-state index in [4.69, 9.17) is 9.52 Å². The predicted molar refractivity (Wildman–Crippen MR) is 78.1 cm³/mol. The van der Waals surface area contributed by atoms with E-state index in [1.807, 2.05) is 0 Å². The molecule has 1 amide bonds. The molecule has 126 valence electrons. The van der Waals surface area contributed by atoms with Gasteiger partial charge in [-0.1, -0.05) is 6.07 Å². The van der Waals surface area contributed by atoms with Gasteiger partial charge in [-0.25, -0.2) is 13.8 Å². The largest absolute Gasteiger partial charge is 0.481 e. The first kappa shape index (κ1) is 16.1. The van der Waals surface area contributed by atoms with Crippen molar-refractivity contribution in [2.75, 3.05) is 13.1 Å². The molecule has 1 aromatic heterocycles. The van der Waals surface area contributed by atoms with Gasteiger partial charge in [-0.15, -0.1) is 0 Å². The van der Waals surface area contributed by atoms with Gasteiger partial charge in [0.25, 0.3) is 5.91 Å². The summed E-state index contributed by atoms with van der Waals surface area (Å²) in [6.07, 6.45) is 1.76. The van der Waals surface area contributed by atoms with Gasteiger partial charge in [0.05, 0.1) is 5.92 Å². The van der Waals surface area contributed by atoms with E-state index in [2.05, 4.69) is 4.98 Å². The van der Waals surface area contributed by atoms with E-state index >= 15 is 0 Å². The number of halogens is 2. The highest BCUT2D eigenvalue weighted by molar-refractivity contribution is 5.92. The van der Waals surface area contributed by atoms with E-state index in [0.717, 1.165) is 18.4 Å². The third kappa shape index (κ3) is 2.99. The first-order valence-electron chi connectivity index (χ1n) is 7.39. The zero-order valence-electron chi connectivity index (χ0n) is 12.5. The summed E-state index contributed by atoms with van der Waals surface area (Å²) in [4.78, 5) is 28.6. The van der Waals surface area contributed by atoms with Crippen LogP contribution >= 0.6 is 0 Å². The summed E-state index contributed by atoms with van der Waals surface area (Å²) in [6, 6.07) is 3.36. The van der Waals surface area contributed by atoms with Crippen molar-refractivity contribution < 1.29 is 27.9 Å². The summed E-state index contributed by atoms with van der Waals surface area (Å²) >= 11 is 0. The van der Waals surface area contributed by atoms with E-state index in [1.165, 1.54) is 11.0 Å². The number of hydrogen-bond acceptors (Lipinski definition) is 4. The van der Waals surface area contributed by atoms with Crippen LogP contribution in [0.4, 0.5) is 8.78 Å². The molecule has 0 spiro atoms. The molecule has 2 heterocycles. The van der Waals surface area contributed by atoms with Crippen LogP contribution in [0.2, 0.25) is 0 Å². The van der Waals surface area contributed by atoms with E-state index < -0.39 is 35.0 Å². The number of carbonyl (C=O) groups is 2. The molecule has 0 unspecified atom stereocenters. The molecule has 0 radical (unpaired) electrons. The fourth-order valence-corrected chi connectivity index (χ4v) is 2.68. The molecular formula is C16H14F2N2O4. The number of aromatic nitrogens is 1. The minimum Gasteiger partial charge on any atom is -0.481 e. The molecule has 1 aliphatic heterocycles. The molecule has 0 bridgehead atoms. The van der Waals surface area contributed by atoms with Gasteiger partial charge in [-0.05, 0) is 25.0 Å². The SMILES string of the molecule is O=C(O)C1CCN(C(=O)c2coc(-c3c(F)cccc3F)n2)CC1. The lowest BCUT2D eigenvalue weighted by molar-refractivity contribution is -0.143. The number of amides is 1. The topological polar surface area (TPSA) is 83.6 Å². The van der Waals surface area contributed by atoms with Crippen LogP contribution in [0.1, 0.15) is 23.3 Å². The maximum absolute atomic E-state index is 13.7. The number of carboxylic acids is 1. The molecule has 1 aliphatic rings. The highest BCUT2D eigenvalue weighted by Gasteiger charge is 2.29. The Labute approximate surface area is 135 Å². The fourth-order valence-electron chi connectivity index (χ4n) is 2.68. The third-order valence-corrected chi connectivity index (χ3v) is 4.03. The Morgan fingerprint density at radius 1 is 1.21 bits per heavy atom. The minimum atomic E-state index is -0.874. The van der Waals surface area contributed by atoms with E-state index in [-0.39, 0.29) is 24.7 Å². The van der Waals surface area contributed by atoms with Crippen LogP contribution in [0.15, 0.2) is 28.9 Å². The van der Waals surface area contributed by atoms with Crippen LogP contribution in [-0.2, 0) is 4.79 Å². The molecule has 6 nitrogen and oxygen atoms in total. The van der Waals surface area contributed by atoms with Crippen LogP contribution in [-0.4, -0.2) is 40.0 Å². The lowest BCUT2D eigenvalue weighted by atomic mass is 9.97. The number of aliphatic carboxylic acids is 1. The number of rotatable bonds is 3. The second kappa shape index (κ2) is 6.38. The van der Waals surface area contributed by atoms with Gasteiger partial charge >= 0.3 is 5.97 Å². The van der Waals surface area contributed by atoms with Crippen molar-refractivity contribution >= 4 is 11.9 Å². The molecule has 1 saturated heterocycles. The Bertz CT molecular complexity index is 762. The van der Waals surface area contributed by atoms with E-state index in [0.29, 0.717) is 12.8 Å². The Balaban J connectivity index is 1.76. The number of carboxylic acid groups (broad SMARTS) is 1. The molecule has 1 aromatic carbocycles. The van der Waals surface area contributed by atoms with Crippen molar-refractivity contribution in [1.82, 2.24) is 9.88 Å². The highest BCUT2D eigenvalue weighted by atomic mass is 19.1. The van der Waals surface area contributed by atoms with Crippen molar-refractivity contribution in [3.8, 4) is 11.5 Å². The van der Waals surface area contributed by atoms with Crippen molar-refractivity contribution in [2.24, 2.45) is 5.92 Å². The standard InChI is InChI=1S/C16H14F2N2O4/c17-10-2-1-3-11(18)13(10)14-19-12(8-24-14)15(21)20-6-4-9(5-7-20)16(22)23/h1-3,8-9H,4-7H2,(H,22,23). The molecule has 1 N–H and O–H groups in total. The smallest absolute Gasteiger partial charge is 0.306 e. The number of oxazole rings is 1. The molecular weight excluding hydrogens is 322 g/mol. The lowest BCUT2D eigenvalue weighted by Crippen LogP contribution is -2.40. The average Bonchev–Trinajstić information content (AvgIpc) is 3.03. The van der Waals surface area contributed by atoms with Crippen LogP contribution < -0.4 is 0 Å². The molecule has 0 saturated carbocycles. The monoisotopic (exact) mass is 336 g/mol. The Kier molecular flexibility index (Phi) is 4.28. The van der Waals surface area contributed by atoms with Crippen LogP contribution in [0.25, 0.3) is 11.5 Å². The highest BCUT2D eigenvalue weighted by Crippen LogP contribution is 2.26. The van der Waals surface area contributed by atoms with Gasteiger partial charge in [-0.3, -0.25) is 9.59 Å². The van der Waals surface area contributed by atoms with E-state index in [9.17, 15) is 18.4 Å². The number of benzene rings is 1. The molecule has 1 fully saturated rings. The summed E-state index contributed by atoms with van der Waals surface area (Å²) < 4.78 is 32.5. The second-order valence-corrected chi connectivity index (χ2v) is 5.54. The summed E-state index contributed by atoms with van der Waals surface area (Å²) in [5.74, 6) is -3.77. The van der Waals surface area contributed by atoms with Crippen LogP contribution in [0, 0.1) is 17.6 Å². The molecule has 8 heteroatoms. The Morgan fingerprint density at radius 2 is 1.83 bits per heavy atom. The average molecular weight is 336 g/mol. The quantitative estimate of drug-likeness (QED) is 0.931. The van der Waals surface area contributed by atoms with Crippen molar-refractivity contribution in [2.45, 2.75) is 12.8 Å². The maximum atomic E-state index is 13.7. The number of piperidine rings is 1. The first-order chi connectivity index (χ1) is 11.5. The lowest BCUT2D eigenvalue weighted by Gasteiger charge is -2.29. The van der Waals surface area contributed by atoms with E-state index in [1.54, 1.807) is 0 Å². The number of likely N-dealkylation sites (tertiary alicyclic amines) is 1. The third-order valence-electron chi connectivity index (χ3n) is 4.03. The zero-order valence-corrected chi connectivity index (χ0v) is 12.5. The number of hydrogen-bond donors (Lipinski definition) is 1. The van der Waals surface area contributed by atoms with Crippen molar-refractivity contribution in [1.29, 1.82) is 0 Å². The normalized spacial score (nSPS) is 15.5. The van der Waals surface area contributed by atoms with Gasteiger partial charge < -0.3 is 14.4 Å². The van der Waals surface area contributed by atoms with Gasteiger partial charge in [0.15, 0.2) is 5.69 Å². The van der Waals surface area contributed by atoms with Crippen LogP contribution in [0.3, 0.4) is 0 Å². The second-order valence-electron chi connectivity index (χ2n) is 5.54. The molecule has 0 aliphatic carbocycles. The van der Waals surface area contributed by atoms with Crippen molar-refractivity contribution in [3.63, 3.8) is 0 Å². The number of carbonyl (C=O) groups excluding carboxylic acids is 1. The Hall–Kier alpha value is -2.77.